The Morgan fingerprint density at radius 1 is 1.57 bits per heavy atom. The number of aliphatic carboxylic acids is 1. The number of amides is 1. The highest BCUT2D eigenvalue weighted by Crippen LogP contribution is 1.97. The molecule has 4 N–H and O–H groups in total. The number of nitrogens with two attached hydrogens (primary N) is 1. The molecular weight excluding hydrogens is 188 g/mol. The lowest BCUT2D eigenvalue weighted by Gasteiger charge is -2.13. The highest BCUT2D eigenvalue weighted by Gasteiger charge is 2.19. The summed E-state index contributed by atoms with van der Waals surface area (Å²) in [4.78, 5) is 21.5. The van der Waals surface area contributed by atoms with Gasteiger partial charge in [0.1, 0.15) is 6.04 Å². The molecule has 0 fully saturated rings. The van der Waals surface area contributed by atoms with Crippen LogP contribution < -0.4 is 11.1 Å². The fourth-order valence-corrected chi connectivity index (χ4v) is 0.894. The van der Waals surface area contributed by atoms with E-state index in [1.54, 1.807) is 6.92 Å². The summed E-state index contributed by atoms with van der Waals surface area (Å²) >= 11 is 0. The lowest BCUT2D eigenvalue weighted by Crippen LogP contribution is -2.41. The molecule has 0 saturated carbocycles. The van der Waals surface area contributed by atoms with Gasteiger partial charge in [0.05, 0.1) is 6.61 Å². The molecule has 0 aromatic heterocycles. The minimum absolute atomic E-state index is 0.217. The molecule has 0 aliphatic rings. The topological polar surface area (TPSA) is 102 Å². The molecule has 6 heteroatoms. The highest BCUT2D eigenvalue weighted by atomic mass is 16.5. The van der Waals surface area contributed by atoms with Crippen LogP contribution in [0.4, 0.5) is 4.79 Å². The van der Waals surface area contributed by atoms with Crippen LogP contribution in [0.15, 0.2) is 0 Å². The van der Waals surface area contributed by atoms with Crippen molar-refractivity contribution in [2.45, 2.75) is 25.8 Å². The van der Waals surface area contributed by atoms with E-state index in [-0.39, 0.29) is 6.61 Å². The number of alkyl carbamates (subject to hydrolysis) is 1. The molecule has 0 aliphatic carbocycles. The molecule has 0 aromatic rings. The maximum atomic E-state index is 10.9. The molecule has 1 amide bonds. The van der Waals surface area contributed by atoms with E-state index in [9.17, 15) is 9.59 Å². The van der Waals surface area contributed by atoms with E-state index in [0.29, 0.717) is 19.4 Å². The smallest absolute Gasteiger partial charge is 0.407 e. The van der Waals surface area contributed by atoms with Crippen molar-refractivity contribution >= 4 is 12.1 Å². The number of hydrogen-bond donors (Lipinski definition) is 3. The Hall–Kier alpha value is -1.30. The number of rotatable bonds is 6. The minimum atomic E-state index is -1.08. The zero-order valence-electron chi connectivity index (χ0n) is 8.16. The second-order valence-electron chi connectivity index (χ2n) is 2.69. The molecule has 0 aliphatic heterocycles. The minimum Gasteiger partial charge on any atom is -0.480 e. The highest BCUT2D eigenvalue weighted by molar-refractivity contribution is 5.79. The van der Waals surface area contributed by atoms with Gasteiger partial charge in [0.25, 0.3) is 0 Å². The summed E-state index contributed by atoms with van der Waals surface area (Å²) < 4.78 is 4.56. The normalized spacial score (nSPS) is 11.9. The van der Waals surface area contributed by atoms with Crippen LogP contribution >= 0.6 is 0 Å². The molecule has 0 radical (unpaired) electrons. The van der Waals surface area contributed by atoms with Gasteiger partial charge in [0.2, 0.25) is 0 Å². The molecule has 0 heterocycles. The van der Waals surface area contributed by atoms with E-state index >= 15 is 0 Å². The van der Waals surface area contributed by atoms with Crippen LogP contribution in [-0.2, 0) is 9.53 Å². The van der Waals surface area contributed by atoms with Crippen LogP contribution in [0.1, 0.15) is 19.8 Å². The second kappa shape index (κ2) is 7.14. The van der Waals surface area contributed by atoms with Crippen molar-refractivity contribution in [1.82, 2.24) is 5.32 Å². The van der Waals surface area contributed by atoms with E-state index in [4.69, 9.17) is 10.8 Å². The maximum Gasteiger partial charge on any atom is 0.407 e. The van der Waals surface area contributed by atoms with Crippen molar-refractivity contribution in [3.63, 3.8) is 0 Å². The van der Waals surface area contributed by atoms with Gasteiger partial charge in [0.15, 0.2) is 0 Å². The number of hydrogen-bond acceptors (Lipinski definition) is 4. The average molecular weight is 204 g/mol. The number of carboxylic acid groups (broad SMARTS) is 1. The van der Waals surface area contributed by atoms with Crippen molar-refractivity contribution in [3.8, 4) is 0 Å². The zero-order chi connectivity index (χ0) is 11.0. The van der Waals surface area contributed by atoms with Crippen molar-refractivity contribution in [3.05, 3.63) is 0 Å². The zero-order valence-corrected chi connectivity index (χ0v) is 8.16. The fraction of sp³-hybridized carbons (Fsp3) is 0.750. The van der Waals surface area contributed by atoms with Crippen LogP contribution in [0.3, 0.4) is 0 Å². The Balaban J connectivity index is 3.95. The Kier molecular flexibility index (Phi) is 6.47. The third-order valence-corrected chi connectivity index (χ3v) is 1.56. The lowest BCUT2D eigenvalue weighted by molar-refractivity contribution is -0.139. The number of carbonyl (C=O) groups is 2. The fourth-order valence-electron chi connectivity index (χ4n) is 0.894. The predicted octanol–water partition coefficient (Wildman–Crippen LogP) is -0.0754. The molecule has 0 unspecified atom stereocenters. The Bertz CT molecular complexity index is 196. The molecule has 0 bridgehead atoms. The van der Waals surface area contributed by atoms with Gasteiger partial charge in [-0.1, -0.05) is 0 Å². The van der Waals surface area contributed by atoms with Crippen molar-refractivity contribution in [2.75, 3.05) is 13.2 Å². The van der Waals surface area contributed by atoms with Crippen LogP contribution in [0.25, 0.3) is 0 Å². The van der Waals surface area contributed by atoms with Crippen molar-refractivity contribution in [2.24, 2.45) is 5.73 Å². The third kappa shape index (κ3) is 5.36. The molecule has 0 saturated heterocycles. The average Bonchev–Trinajstić information content (AvgIpc) is 2.12. The molecular formula is C8H16N2O4. The van der Waals surface area contributed by atoms with Gasteiger partial charge in [-0.05, 0) is 26.3 Å². The van der Waals surface area contributed by atoms with Gasteiger partial charge in [-0.3, -0.25) is 0 Å². The summed E-state index contributed by atoms with van der Waals surface area (Å²) in [6, 6.07) is -0.919. The third-order valence-electron chi connectivity index (χ3n) is 1.56. The maximum absolute atomic E-state index is 10.9. The number of carboxylic acids is 1. The Morgan fingerprint density at radius 3 is 2.64 bits per heavy atom. The van der Waals surface area contributed by atoms with Gasteiger partial charge in [-0.15, -0.1) is 0 Å². The number of carbonyl (C=O) groups excluding carboxylic acids is 1. The lowest BCUT2D eigenvalue weighted by atomic mass is 10.1. The molecule has 1 atom stereocenters. The largest absolute Gasteiger partial charge is 0.480 e. The van der Waals surface area contributed by atoms with Crippen LogP contribution in [0.5, 0.6) is 0 Å². The van der Waals surface area contributed by atoms with E-state index in [2.05, 4.69) is 10.1 Å². The molecule has 6 nitrogen and oxygen atoms in total. The first-order valence-electron chi connectivity index (χ1n) is 4.48. The molecule has 0 aromatic carbocycles. The second-order valence-corrected chi connectivity index (χ2v) is 2.69. The first-order chi connectivity index (χ1) is 6.61. The van der Waals surface area contributed by atoms with E-state index in [1.165, 1.54) is 0 Å². The van der Waals surface area contributed by atoms with E-state index < -0.39 is 18.1 Å². The van der Waals surface area contributed by atoms with Crippen LogP contribution in [-0.4, -0.2) is 36.4 Å². The van der Waals surface area contributed by atoms with Crippen molar-refractivity contribution < 1.29 is 19.4 Å². The predicted molar refractivity (Wildman–Crippen MR) is 49.9 cm³/mol. The van der Waals surface area contributed by atoms with Gasteiger partial charge in [-0.25, -0.2) is 9.59 Å². The van der Waals surface area contributed by atoms with Crippen LogP contribution in [0, 0.1) is 0 Å². The first-order valence-corrected chi connectivity index (χ1v) is 4.48. The molecule has 0 spiro atoms. The van der Waals surface area contributed by atoms with Gasteiger partial charge in [0, 0.05) is 0 Å². The first kappa shape index (κ1) is 12.7. The monoisotopic (exact) mass is 204 g/mol. The molecule has 14 heavy (non-hydrogen) atoms. The summed E-state index contributed by atoms with van der Waals surface area (Å²) in [5, 5.41) is 10.9. The van der Waals surface area contributed by atoms with Gasteiger partial charge >= 0.3 is 12.1 Å². The quantitative estimate of drug-likeness (QED) is 0.562. The Labute approximate surface area is 82.4 Å². The molecule has 82 valence electrons. The standard InChI is InChI=1S/C8H16N2O4/c1-2-14-8(13)10-6(7(11)12)4-3-5-9/h6H,2-5,9H2,1H3,(H,10,13)(H,11,12)/t6-/m0/s1. The van der Waals surface area contributed by atoms with Crippen LogP contribution in [0.2, 0.25) is 0 Å². The SMILES string of the molecule is CCOC(=O)N[C@@H](CCCN)C(=O)O. The molecule has 0 rings (SSSR count). The summed E-state index contributed by atoms with van der Waals surface area (Å²) in [7, 11) is 0. The van der Waals surface area contributed by atoms with E-state index in [0.717, 1.165) is 0 Å². The summed E-state index contributed by atoms with van der Waals surface area (Å²) in [6.45, 7) is 2.26. The number of nitrogens with one attached hydrogen (secondary N) is 1. The van der Waals surface area contributed by atoms with Crippen molar-refractivity contribution in [1.29, 1.82) is 0 Å². The summed E-state index contributed by atoms with van der Waals surface area (Å²) in [5.41, 5.74) is 5.23. The summed E-state index contributed by atoms with van der Waals surface area (Å²) in [5.74, 6) is -1.08. The Morgan fingerprint density at radius 2 is 2.21 bits per heavy atom. The van der Waals surface area contributed by atoms with Gasteiger partial charge in [-0.2, -0.15) is 0 Å². The number of ether oxygens (including phenoxy) is 1. The van der Waals surface area contributed by atoms with E-state index in [1.807, 2.05) is 0 Å². The van der Waals surface area contributed by atoms with Gasteiger partial charge < -0.3 is 20.9 Å². The summed E-state index contributed by atoms with van der Waals surface area (Å²) in [6.07, 6.45) is 0.144.